The molecule has 2 amide bonds. The maximum Gasteiger partial charge on any atom is 0.251 e. The van der Waals surface area contributed by atoms with Crippen LogP contribution in [-0.4, -0.2) is 112 Å². The third-order valence-corrected chi connectivity index (χ3v) is 12.3. The molecule has 0 spiro atoms. The van der Waals surface area contributed by atoms with E-state index in [2.05, 4.69) is 42.6 Å². The second kappa shape index (κ2) is 14.8. The molecule has 0 aromatic carbocycles. The number of likely N-dealkylation sites (tertiary alicyclic amines) is 2. The van der Waals surface area contributed by atoms with E-state index in [0.29, 0.717) is 38.1 Å². The maximum absolute atomic E-state index is 13.0. The summed E-state index contributed by atoms with van der Waals surface area (Å²) in [6.45, 7) is 8.95. The van der Waals surface area contributed by atoms with Crippen molar-refractivity contribution in [1.82, 2.24) is 48.5 Å². The summed E-state index contributed by atoms with van der Waals surface area (Å²) in [6.07, 6.45) is 18.7. The summed E-state index contributed by atoms with van der Waals surface area (Å²) in [6, 6.07) is 4.07. The Labute approximate surface area is 313 Å². The van der Waals surface area contributed by atoms with Gasteiger partial charge in [0.25, 0.3) is 11.8 Å². The van der Waals surface area contributed by atoms with Crippen LogP contribution in [-0.2, 0) is 19.1 Å². The molecule has 10 rings (SSSR count). The first-order valence-electron chi connectivity index (χ1n) is 19.8. The van der Waals surface area contributed by atoms with Gasteiger partial charge in [0.1, 0.15) is 23.9 Å². The number of H-pyrrole nitrogens is 2. The summed E-state index contributed by atoms with van der Waals surface area (Å²) in [5.41, 5.74) is 5.76. The van der Waals surface area contributed by atoms with E-state index < -0.39 is 0 Å². The largest absolute Gasteiger partial charge is 0.368 e. The van der Waals surface area contributed by atoms with E-state index in [9.17, 15) is 9.59 Å². The number of carbonyl (C=O) groups is 2. The summed E-state index contributed by atoms with van der Waals surface area (Å²) >= 11 is 0. The molecule has 4 fully saturated rings. The van der Waals surface area contributed by atoms with E-state index in [4.69, 9.17) is 19.4 Å². The number of piperidine rings is 2. The number of fused-ring (bicyclic) bond motifs is 6. The summed E-state index contributed by atoms with van der Waals surface area (Å²) < 4.78 is 15.8. The number of carbonyl (C=O) groups excluding carboxylic acids is 2. The Morgan fingerprint density at radius 3 is 1.50 bits per heavy atom. The number of nitrogens with zero attached hydrogens (tertiary/aromatic N) is 8. The second-order valence-electron chi connectivity index (χ2n) is 15.7. The highest BCUT2D eigenvalue weighted by atomic mass is 16.5. The fraction of sp³-hybridized carbons (Fsp3) is 0.550. The SMILES string of the molecule is C[C@@H]1CCN(C(=O)[C@@H]2CCCCO2)C[C@@H]1c1ncc2cnc3[nH]ccc3n12.C[C@@H]1CCN(C(=O)[C@H]2CCCCO2)C[C@@H]1c1ncc2cnc3[nH]ccc3n12. The molecule has 4 aliphatic heterocycles. The van der Waals surface area contributed by atoms with Crippen LogP contribution in [0.5, 0.6) is 0 Å². The molecule has 284 valence electrons. The summed E-state index contributed by atoms with van der Waals surface area (Å²) in [5, 5.41) is 0. The molecule has 0 saturated carbocycles. The molecular weight excluding hydrogens is 685 g/mol. The zero-order valence-electron chi connectivity index (χ0n) is 31.2. The van der Waals surface area contributed by atoms with Gasteiger partial charge in [-0.25, -0.2) is 19.9 Å². The van der Waals surface area contributed by atoms with Crippen molar-refractivity contribution in [3.8, 4) is 0 Å². The highest BCUT2D eigenvalue weighted by molar-refractivity contribution is 5.82. The van der Waals surface area contributed by atoms with E-state index >= 15 is 0 Å². The Morgan fingerprint density at radius 2 is 1.07 bits per heavy atom. The minimum absolute atomic E-state index is 0.154. The summed E-state index contributed by atoms with van der Waals surface area (Å²) in [4.78, 5) is 54.7. The lowest BCUT2D eigenvalue weighted by molar-refractivity contribution is -0.148. The monoisotopic (exact) mass is 734 g/mol. The smallest absolute Gasteiger partial charge is 0.251 e. The number of nitrogens with one attached hydrogen (secondary N) is 2. The van der Waals surface area contributed by atoms with Crippen LogP contribution >= 0.6 is 0 Å². The normalized spacial score (nSPS) is 26.7. The van der Waals surface area contributed by atoms with Crippen LogP contribution in [0.1, 0.15) is 88.7 Å². The van der Waals surface area contributed by atoms with Crippen molar-refractivity contribution in [3.63, 3.8) is 0 Å². The number of hydrogen-bond acceptors (Lipinski definition) is 8. The van der Waals surface area contributed by atoms with Gasteiger partial charge in [0, 0.05) is 63.6 Å². The van der Waals surface area contributed by atoms with Crippen molar-refractivity contribution in [2.45, 2.75) is 89.3 Å². The molecule has 2 N–H and O–H groups in total. The van der Waals surface area contributed by atoms with Crippen LogP contribution < -0.4 is 0 Å². The van der Waals surface area contributed by atoms with Crippen molar-refractivity contribution >= 4 is 45.2 Å². The van der Waals surface area contributed by atoms with Crippen molar-refractivity contribution < 1.29 is 19.1 Å². The topological polar surface area (TPSA) is 151 Å². The maximum atomic E-state index is 13.0. The number of rotatable bonds is 4. The molecule has 6 atom stereocenters. The van der Waals surface area contributed by atoms with Crippen LogP contribution in [0.3, 0.4) is 0 Å². The minimum Gasteiger partial charge on any atom is -0.368 e. The van der Waals surface area contributed by atoms with E-state index in [-0.39, 0.29) is 35.9 Å². The lowest BCUT2D eigenvalue weighted by atomic mass is 9.86. The number of imidazole rings is 2. The predicted octanol–water partition coefficient (Wildman–Crippen LogP) is 5.46. The van der Waals surface area contributed by atoms with Crippen LogP contribution in [0, 0.1) is 11.8 Å². The van der Waals surface area contributed by atoms with Crippen LogP contribution in [0.15, 0.2) is 49.3 Å². The molecule has 4 saturated heterocycles. The van der Waals surface area contributed by atoms with Crippen LogP contribution in [0.4, 0.5) is 0 Å². The van der Waals surface area contributed by atoms with E-state index in [1.165, 1.54) is 0 Å². The highest BCUT2D eigenvalue weighted by Crippen LogP contribution is 2.35. The number of aromatic amines is 2. The van der Waals surface area contributed by atoms with Crippen molar-refractivity contribution in [3.05, 3.63) is 61.0 Å². The number of aromatic nitrogens is 8. The molecular formula is C40H50N10O4. The fourth-order valence-electron chi connectivity index (χ4n) is 9.01. The number of amides is 2. The zero-order chi connectivity index (χ0) is 36.8. The summed E-state index contributed by atoms with van der Waals surface area (Å²) in [7, 11) is 0. The first-order chi connectivity index (χ1) is 26.4. The molecule has 14 nitrogen and oxygen atoms in total. The Bertz CT molecular complexity index is 2100. The zero-order valence-corrected chi connectivity index (χ0v) is 31.2. The lowest BCUT2D eigenvalue weighted by Gasteiger charge is -2.38. The molecule has 0 bridgehead atoms. The fourth-order valence-corrected chi connectivity index (χ4v) is 9.01. The minimum atomic E-state index is -0.259. The first-order valence-corrected chi connectivity index (χ1v) is 19.8. The van der Waals surface area contributed by atoms with Gasteiger partial charge in [0.2, 0.25) is 0 Å². The van der Waals surface area contributed by atoms with Crippen molar-refractivity contribution in [1.29, 1.82) is 0 Å². The van der Waals surface area contributed by atoms with Gasteiger partial charge in [0.05, 0.1) is 46.9 Å². The Morgan fingerprint density at radius 1 is 0.630 bits per heavy atom. The summed E-state index contributed by atoms with van der Waals surface area (Å²) in [5.74, 6) is 3.69. The molecule has 0 aliphatic carbocycles. The van der Waals surface area contributed by atoms with E-state index in [1.807, 2.05) is 59.1 Å². The molecule has 4 aliphatic rings. The van der Waals surface area contributed by atoms with E-state index in [1.54, 1.807) is 0 Å². The first kappa shape index (κ1) is 34.9. The Hall–Kier alpha value is -4.82. The van der Waals surface area contributed by atoms with Gasteiger partial charge in [-0.05, 0) is 75.3 Å². The van der Waals surface area contributed by atoms with Gasteiger partial charge in [0.15, 0.2) is 11.3 Å². The third kappa shape index (κ3) is 6.42. The van der Waals surface area contributed by atoms with Gasteiger partial charge >= 0.3 is 0 Å². The highest BCUT2D eigenvalue weighted by Gasteiger charge is 2.37. The average Bonchev–Trinajstić information content (AvgIpc) is 4.04. The van der Waals surface area contributed by atoms with Crippen molar-refractivity contribution in [2.24, 2.45) is 11.8 Å². The molecule has 54 heavy (non-hydrogen) atoms. The molecule has 10 heterocycles. The quantitative estimate of drug-likeness (QED) is 0.242. The van der Waals surface area contributed by atoms with Gasteiger partial charge < -0.3 is 29.2 Å². The lowest BCUT2D eigenvalue weighted by Crippen LogP contribution is -2.48. The second-order valence-corrected chi connectivity index (χ2v) is 15.7. The van der Waals surface area contributed by atoms with Gasteiger partial charge in [-0.1, -0.05) is 13.8 Å². The Kier molecular flexibility index (Phi) is 9.56. The van der Waals surface area contributed by atoms with Gasteiger partial charge in [-0.3, -0.25) is 18.4 Å². The third-order valence-electron chi connectivity index (χ3n) is 12.3. The molecule has 14 heteroatoms. The van der Waals surface area contributed by atoms with Gasteiger partial charge in [-0.15, -0.1) is 0 Å². The van der Waals surface area contributed by atoms with Crippen LogP contribution in [0.2, 0.25) is 0 Å². The average molecular weight is 735 g/mol. The van der Waals surface area contributed by atoms with Crippen molar-refractivity contribution in [2.75, 3.05) is 39.4 Å². The van der Waals surface area contributed by atoms with E-state index in [0.717, 1.165) is 109 Å². The number of hydrogen-bond donors (Lipinski definition) is 2. The number of ether oxygens (including phenoxy) is 2. The Balaban J connectivity index is 0.000000142. The standard InChI is InChI=1S/2C20H25N5O2/c2*1-13-6-8-24(20(26)17-4-2-3-9-27-17)12-15(13)19-23-11-14-10-22-18-16(25(14)19)5-7-21-18/h2*5,7,10-11,13,15,17,21H,2-4,6,8-9,12H2,1H3/t13-,15+,17+;13-,15+,17-/m11/s1. The van der Waals surface area contributed by atoms with Gasteiger partial charge in [-0.2, -0.15) is 0 Å². The van der Waals surface area contributed by atoms with Crippen LogP contribution in [0.25, 0.3) is 33.4 Å². The molecule has 0 radical (unpaired) electrons. The molecule has 6 aromatic heterocycles. The molecule has 6 aromatic rings. The predicted molar refractivity (Wildman–Crippen MR) is 203 cm³/mol. The molecule has 0 unspecified atom stereocenters.